The number of methoxy groups -OCH3 is 1. The maximum Gasteiger partial charge on any atom is 0.277 e. The number of nitrogens with one attached hydrogen (secondary N) is 1. The van der Waals surface area contributed by atoms with Crippen LogP contribution in [0.4, 0.5) is 5.82 Å². The number of carbonyl (C=O) groups excluding carboxylic acids is 1. The van der Waals surface area contributed by atoms with Crippen LogP contribution in [-0.2, 0) is 4.74 Å². The molecule has 0 fully saturated rings. The molecule has 1 aromatic rings. The van der Waals surface area contributed by atoms with Gasteiger partial charge in [-0.05, 0) is 23.7 Å². The summed E-state index contributed by atoms with van der Waals surface area (Å²) in [4.78, 5) is 11.5. The SMILES string of the molecule is COCCC(C)NC(=O)c1nonc1N. The number of nitrogen functional groups attached to an aromatic ring is 1. The number of aromatic nitrogens is 2. The van der Waals surface area contributed by atoms with Crippen LogP contribution < -0.4 is 11.1 Å². The second kappa shape index (κ2) is 5.30. The summed E-state index contributed by atoms with van der Waals surface area (Å²) in [5.41, 5.74) is 5.38. The van der Waals surface area contributed by atoms with Gasteiger partial charge in [0.05, 0.1) is 0 Å². The van der Waals surface area contributed by atoms with Gasteiger partial charge in [-0.15, -0.1) is 0 Å². The third-order valence-electron chi connectivity index (χ3n) is 1.86. The molecule has 0 aromatic carbocycles. The molecule has 0 bridgehead atoms. The lowest BCUT2D eigenvalue weighted by Crippen LogP contribution is -2.33. The van der Waals surface area contributed by atoms with Crippen LogP contribution in [-0.4, -0.2) is 36.0 Å². The van der Waals surface area contributed by atoms with Crippen LogP contribution in [0.3, 0.4) is 0 Å². The van der Waals surface area contributed by atoms with Crippen molar-refractivity contribution >= 4 is 11.7 Å². The largest absolute Gasteiger partial charge is 0.385 e. The molecule has 7 nitrogen and oxygen atoms in total. The van der Waals surface area contributed by atoms with Crippen molar-refractivity contribution in [2.24, 2.45) is 0 Å². The highest BCUT2D eigenvalue weighted by Gasteiger charge is 2.17. The van der Waals surface area contributed by atoms with Crippen molar-refractivity contribution in [3.05, 3.63) is 5.69 Å². The first kappa shape index (κ1) is 11.4. The lowest BCUT2D eigenvalue weighted by atomic mass is 10.2. The molecule has 0 radical (unpaired) electrons. The molecule has 1 unspecified atom stereocenters. The van der Waals surface area contributed by atoms with Crippen LogP contribution >= 0.6 is 0 Å². The van der Waals surface area contributed by atoms with Gasteiger partial charge in [0.2, 0.25) is 11.5 Å². The molecule has 1 amide bonds. The standard InChI is InChI=1S/C8H14N4O3/c1-5(3-4-14-2)10-8(13)6-7(9)12-15-11-6/h5H,3-4H2,1-2H3,(H2,9,12)(H,10,13). The van der Waals surface area contributed by atoms with Gasteiger partial charge in [-0.25, -0.2) is 4.63 Å². The van der Waals surface area contributed by atoms with Gasteiger partial charge in [0.25, 0.3) is 5.91 Å². The first-order chi connectivity index (χ1) is 7.15. The maximum atomic E-state index is 11.5. The van der Waals surface area contributed by atoms with E-state index in [1.54, 1.807) is 7.11 Å². The van der Waals surface area contributed by atoms with Gasteiger partial charge in [0.15, 0.2) is 0 Å². The van der Waals surface area contributed by atoms with Gasteiger partial charge in [-0.3, -0.25) is 4.79 Å². The van der Waals surface area contributed by atoms with Crippen LogP contribution in [0.1, 0.15) is 23.8 Å². The van der Waals surface area contributed by atoms with Crippen molar-refractivity contribution in [3.8, 4) is 0 Å². The Kier molecular flexibility index (Phi) is 4.04. The summed E-state index contributed by atoms with van der Waals surface area (Å²) < 4.78 is 9.20. The lowest BCUT2D eigenvalue weighted by Gasteiger charge is -2.11. The fraction of sp³-hybridized carbons (Fsp3) is 0.625. The van der Waals surface area contributed by atoms with E-state index in [0.717, 1.165) is 0 Å². The van der Waals surface area contributed by atoms with Crippen LogP contribution in [0.15, 0.2) is 4.63 Å². The Morgan fingerprint density at radius 3 is 2.93 bits per heavy atom. The van der Waals surface area contributed by atoms with Crippen LogP contribution in [0.5, 0.6) is 0 Å². The second-order valence-corrected chi connectivity index (χ2v) is 3.15. The predicted molar refractivity (Wildman–Crippen MR) is 52.1 cm³/mol. The Balaban J connectivity index is 2.46. The van der Waals surface area contributed by atoms with Gasteiger partial charge in [0, 0.05) is 19.8 Å². The zero-order chi connectivity index (χ0) is 11.3. The van der Waals surface area contributed by atoms with Gasteiger partial charge >= 0.3 is 0 Å². The third-order valence-corrected chi connectivity index (χ3v) is 1.86. The number of amides is 1. The Labute approximate surface area is 86.9 Å². The van der Waals surface area contributed by atoms with E-state index in [9.17, 15) is 4.79 Å². The molecule has 0 saturated heterocycles. The van der Waals surface area contributed by atoms with Crippen molar-refractivity contribution < 1.29 is 14.2 Å². The topological polar surface area (TPSA) is 103 Å². The van der Waals surface area contributed by atoms with Crippen LogP contribution in [0.2, 0.25) is 0 Å². The molecule has 0 aliphatic carbocycles. The smallest absolute Gasteiger partial charge is 0.277 e. The van der Waals surface area contributed by atoms with Crippen molar-refractivity contribution in [2.75, 3.05) is 19.5 Å². The van der Waals surface area contributed by atoms with Crippen molar-refractivity contribution in [3.63, 3.8) is 0 Å². The van der Waals surface area contributed by atoms with Crippen molar-refractivity contribution in [2.45, 2.75) is 19.4 Å². The highest BCUT2D eigenvalue weighted by Crippen LogP contribution is 2.04. The Morgan fingerprint density at radius 1 is 1.67 bits per heavy atom. The van der Waals surface area contributed by atoms with Gasteiger partial charge in [-0.2, -0.15) is 0 Å². The highest BCUT2D eigenvalue weighted by molar-refractivity contribution is 5.96. The van der Waals surface area contributed by atoms with Gasteiger partial charge in [-0.1, -0.05) is 0 Å². The molecule has 3 N–H and O–H groups in total. The van der Waals surface area contributed by atoms with E-state index in [0.29, 0.717) is 13.0 Å². The molecule has 7 heteroatoms. The van der Waals surface area contributed by atoms with Crippen molar-refractivity contribution in [1.29, 1.82) is 0 Å². The molecule has 0 aliphatic rings. The average Bonchev–Trinajstić information content (AvgIpc) is 2.61. The fourth-order valence-corrected chi connectivity index (χ4v) is 1.01. The minimum Gasteiger partial charge on any atom is -0.385 e. The summed E-state index contributed by atoms with van der Waals surface area (Å²) >= 11 is 0. The zero-order valence-electron chi connectivity index (χ0n) is 8.69. The van der Waals surface area contributed by atoms with E-state index in [4.69, 9.17) is 10.5 Å². The van der Waals surface area contributed by atoms with E-state index in [1.165, 1.54) is 0 Å². The predicted octanol–water partition coefficient (Wildman–Crippen LogP) is -0.193. The molecule has 1 aromatic heterocycles. The number of ether oxygens (including phenoxy) is 1. The van der Waals surface area contributed by atoms with Crippen LogP contribution in [0, 0.1) is 0 Å². The monoisotopic (exact) mass is 214 g/mol. The van der Waals surface area contributed by atoms with Crippen LogP contribution in [0.25, 0.3) is 0 Å². The van der Waals surface area contributed by atoms with Crippen molar-refractivity contribution in [1.82, 2.24) is 15.6 Å². The number of nitrogens with two attached hydrogens (primary N) is 1. The molecule has 1 rings (SSSR count). The summed E-state index contributed by atoms with van der Waals surface area (Å²) in [5.74, 6) is -0.399. The number of anilines is 1. The minimum atomic E-state index is -0.391. The van der Waals surface area contributed by atoms with E-state index in [1.807, 2.05) is 6.92 Å². The van der Waals surface area contributed by atoms with Gasteiger partial charge in [0.1, 0.15) is 0 Å². The molecule has 0 spiro atoms. The summed E-state index contributed by atoms with van der Waals surface area (Å²) in [6.07, 6.45) is 0.716. The number of hydrogen-bond donors (Lipinski definition) is 2. The minimum absolute atomic E-state index is 0.00792. The number of nitrogens with zero attached hydrogens (tertiary/aromatic N) is 2. The van der Waals surface area contributed by atoms with E-state index in [-0.39, 0.29) is 17.6 Å². The summed E-state index contributed by atoms with van der Waals surface area (Å²) in [5, 5.41) is 9.40. The summed E-state index contributed by atoms with van der Waals surface area (Å²) in [6, 6.07) is -0.0199. The Morgan fingerprint density at radius 2 is 2.40 bits per heavy atom. The second-order valence-electron chi connectivity index (χ2n) is 3.15. The third kappa shape index (κ3) is 3.21. The fourth-order valence-electron chi connectivity index (χ4n) is 1.01. The number of rotatable bonds is 5. The van der Waals surface area contributed by atoms with E-state index < -0.39 is 5.91 Å². The number of carbonyl (C=O) groups is 1. The molecule has 0 aliphatic heterocycles. The number of hydrogen-bond acceptors (Lipinski definition) is 6. The molecule has 15 heavy (non-hydrogen) atoms. The highest BCUT2D eigenvalue weighted by atomic mass is 16.6. The molecule has 1 heterocycles. The van der Waals surface area contributed by atoms with E-state index >= 15 is 0 Å². The first-order valence-corrected chi connectivity index (χ1v) is 4.53. The maximum absolute atomic E-state index is 11.5. The quantitative estimate of drug-likeness (QED) is 0.703. The molecule has 1 atom stereocenters. The summed E-state index contributed by atoms with van der Waals surface area (Å²) in [6.45, 7) is 2.44. The molecule has 0 saturated carbocycles. The molecular weight excluding hydrogens is 200 g/mol. The Bertz CT molecular complexity index is 325. The Hall–Kier alpha value is -1.63. The van der Waals surface area contributed by atoms with Gasteiger partial charge < -0.3 is 15.8 Å². The normalized spacial score (nSPS) is 12.4. The summed E-state index contributed by atoms with van der Waals surface area (Å²) in [7, 11) is 1.61. The zero-order valence-corrected chi connectivity index (χ0v) is 8.69. The molecular formula is C8H14N4O3. The lowest BCUT2D eigenvalue weighted by molar-refractivity contribution is 0.0920. The molecule has 84 valence electrons. The first-order valence-electron chi connectivity index (χ1n) is 4.53. The average molecular weight is 214 g/mol. The van der Waals surface area contributed by atoms with E-state index in [2.05, 4.69) is 20.3 Å².